The molecule has 1 N–H and O–H groups in total. The van der Waals surface area contributed by atoms with Crippen LogP contribution in [0.1, 0.15) is 17.3 Å². The Kier molecular flexibility index (Phi) is 7.16. The first-order chi connectivity index (χ1) is 13.4. The molecule has 2 aromatic rings. The van der Waals surface area contributed by atoms with Crippen molar-refractivity contribution in [1.29, 1.82) is 0 Å². The molecule has 0 aliphatic carbocycles. The van der Waals surface area contributed by atoms with E-state index in [9.17, 15) is 19.7 Å². The summed E-state index contributed by atoms with van der Waals surface area (Å²) in [5.74, 6) is -1.46. The predicted molar refractivity (Wildman–Crippen MR) is 101 cm³/mol. The second-order valence-electron chi connectivity index (χ2n) is 5.31. The Morgan fingerprint density at radius 1 is 1.21 bits per heavy atom. The van der Waals surface area contributed by atoms with Crippen molar-refractivity contribution in [3.05, 3.63) is 57.1 Å². The summed E-state index contributed by atoms with van der Waals surface area (Å²) in [5, 5.41) is 14.1. The minimum atomic E-state index is -1.05. The summed E-state index contributed by atoms with van der Waals surface area (Å²) in [7, 11) is 1.33. The highest BCUT2D eigenvalue weighted by atomic mass is 35.5. The number of benzene rings is 2. The number of hydrogen-bond acceptors (Lipinski definition) is 7. The number of anilines is 1. The molecule has 0 saturated carbocycles. The van der Waals surface area contributed by atoms with Gasteiger partial charge in [0.2, 0.25) is 0 Å². The molecule has 0 aromatic heterocycles. The summed E-state index contributed by atoms with van der Waals surface area (Å²) in [6.07, 6.45) is 0. The fraction of sp³-hybridized carbons (Fsp3) is 0.222. The summed E-state index contributed by atoms with van der Waals surface area (Å²) >= 11 is 5.93. The van der Waals surface area contributed by atoms with E-state index in [0.29, 0.717) is 10.7 Å². The number of amides is 1. The van der Waals surface area contributed by atoms with Crippen molar-refractivity contribution in [3.8, 4) is 11.5 Å². The van der Waals surface area contributed by atoms with E-state index in [-0.39, 0.29) is 23.7 Å². The van der Waals surface area contributed by atoms with Crippen LogP contribution >= 0.6 is 11.6 Å². The monoisotopic (exact) mass is 408 g/mol. The minimum absolute atomic E-state index is 0.115. The van der Waals surface area contributed by atoms with Crippen LogP contribution < -0.4 is 14.8 Å². The predicted octanol–water partition coefficient (Wildman–Crippen LogP) is 3.45. The van der Waals surface area contributed by atoms with E-state index < -0.39 is 29.1 Å². The Bertz CT molecular complexity index is 901. The number of carbonyl (C=O) groups is 2. The third-order valence-corrected chi connectivity index (χ3v) is 3.81. The van der Waals surface area contributed by atoms with Gasteiger partial charge in [0.1, 0.15) is 5.56 Å². The Labute approximate surface area is 165 Å². The van der Waals surface area contributed by atoms with E-state index in [1.807, 2.05) is 0 Å². The fourth-order valence-electron chi connectivity index (χ4n) is 2.25. The lowest BCUT2D eigenvalue weighted by Gasteiger charge is -2.12. The van der Waals surface area contributed by atoms with Crippen molar-refractivity contribution in [2.45, 2.75) is 6.92 Å². The largest absolute Gasteiger partial charge is 0.493 e. The maximum absolute atomic E-state index is 12.3. The lowest BCUT2D eigenvalue weighted by molar-refractivity contribution is -0.385. The van der Waals surface area contributed by atoms with Gasteiger partial charge in [-0.2, -0.15) is 0 Å². The van der Waals surface area contributed by atoms with Gasteiger partial charge < -0.3 is 19.5 Å². The molecule has 2 aromatic carbocycles. The maximum atomic E-state index is 12.3. The Balaban J connectivity index is 2.15. The highest BCUT2D eigenvalue weighted by Gasteiger charge is 2.26. The SMILES string of the molecule is CCOc1cc([N+](=O)[O-])c(C(=O)OCC(=O)Nc2ccccc2Cl)cc1OC. The van der Waals surface area contributed by atoms with Crippen LogP contribution in [0.4, 0.5) is 11.4 Å². The normalized spacial score (nSPS) is 10.1. The third kappa shape index (κ3) is 5.10. The molecule has 0 saturated heterocycles. The van der Waals surface area contributed by atoms with Gasteiger partial charge in [-0.05, 0) is 19.1 Å². The van der Waals surface area contributed by atoms with Crippen LogP contribution in [-0.2, 0) is 9.53 Å². The molecule has 1 amide bonds. The molecule has 0 bridgehead atoms. The zero-order valence-corrected chi connectivity index (χ0v) is 15.8. The van der Waals surface area contributed by atoms with Crippen LogP contribution in [0, 0.1) is 10.1 Å². The maximum Gasteiger partial charge on any atom is 0.345 e. The van der Waals surface area contributed by atoms with E-state index in [1.165, 1.54) is 7.11 Å². The Hall–Kier alpha value is -3.33. The molecule has 0 atom stereocenters. The van der Waals surface area contributed by atoms with Gasteiger partial charge in [0.05, 0.1) is 35.4 Å². The highest BCUT2D eigenvalue weighted by Crippen LogP contribution is 2.35. The number of halogens is 1. The first-order valence-electron chi connectivity index (χ1n) is 8.08. The molecular formula is C18H17ClN2O7. The van der Waals surface area contributed by atoms with Crippen molar-refractivity contribution in [1.82, 2.24) is 0 Å². The molecular weight excluding hydrogens is 392 g/mol. The Morgan fingerprint density at radius 3 is 2.54 bits per heavy atom. The lowest BCUT2D eigenvalue weighted by Crippen LogP contribution is -2.21. The minimum Gasteiger partial charge on any atom is -0.493 e. The average molecular weight is 409 g/mol. The second-order valence-corrected chi connectivity index (χ2v) is 5.72. The fourth-order valence-corrected chi connectivity index (χ4v) is 2.43. The molecule has 148 valence electrons. The van der Waals surface area contributed by atoms with Gasteiger partial charge >= 0.3 is 5.97 Å². The number of carbonyl (C=O) groups excluding carboxylic acids is 2. The summed E-state index contributed by atoms with van der Waals surface area (Å²) < 4.78 is 15.3. The van der Waals surface area contributed by atoms with E-state index >= 15 is 0 Å². The van der Waals surface area contributed by atoms with E-state index in [4.69, 9.17) is 25.8 Å². The zero-order valence-electron chi connectivity index (χ0n) is 15.1. The zero-order chi connectivity index (χ0) is 20.7. The van der Waals surface area contributed by atoms with E-state index in [1.54, 1.807) is 31.2 Å². The van der Waals surface area contributed by atoms with Gasteiger partial charge in [-0.3, -0.25) is 14.9 Å². The van der Waals surface area contributed by atoms with Crippen LogP contribution in [0.15, 0.2) is 36.4 Å². The number of nitrogens with one attached hydrogen (secondary N) is 1. The van der Waals surface area contributed by atoms with Crippen molar-refractivity contribution in [3.63, 3.8) is 0 Å². The van der Waals surface area contributed by atoms with Crippen molar-refractivity contribution < 1.29 is 28.7 Å². The van der Waals surface area contributed by atoms with Crippen LogP contribution in [0.25, 0.3) is 0 Å². The number of para-hydroxylation sites is 1. The average Bonchev–Trinajstić information content (AvgIpc) is 2.67. The van der Waals surface area contributed by atoms with Crippen molar-refractivity contribution in [2.24, 2.45) is 0 Å². The molecule has 0 spiro atoms. The van der Waals surface area contributed by atoms with Crippen molar-refractivity contribution >= 4 is 34.9 Å². The van der Waals surface area contributed by atoms with Gasteiger partial charge in [0.15, 0.2) is 18.1 Å². The van der Waals surface area contributed by atoms with Gasteiger partial charge in [-0.1, -0.05) is 23.7 Å². The summed E-state index contributed by atoms with van der Waals surface area (Å²) in [4.78, 5) is 34.8. The number of nitro groups is 1. The first kappa shape index (κ1) is 21.0. The molecule has 9 nitrogen and oxygen atoms in total. The molecule has 0 fully saturated rings. The van der Waals surface area contributed by atoms with E-state index in [0.717, 1.165) is 12.1 Å². The molecule has 10 heteroatoms. The number of rotatable bonds is 8. The standard InChI is InChI=1S/C18H17ClN2O7/c1-3-27-16-9-14(21(24)25)11(8-15(16)26-2)18(23)28-10-17(22)20-13-7-5-4-6-12(13)19/h4-9H,3,10H2,1-2H3,(H,20,22). The van der Waals surface area contributed by atoms with Crippen LogP contribution in [0.2, 0.25) is 5.02 Å². The van der Waals surface area contributed by atoms with Gasteiger partial charge in [-0.25, -0.2) is 4.79 Å². The molecule has 0 heterocycles. The molecule has 0 aliphatic heterocycles. The number of hydrogen-bond donors (Lipinski definition) is 1. The second kappa shape index (κ2) is 9.56. The summed E-state index contributed by atoms with van der Waals surface area (Å²) in [6.45, 7) is 1.29. The molecule has 0 radical (unpaired) electrons. The first-order valence-corrected chi connectivity index (χ1v) is 8.45. The molecule has 28 heavy (non-hydrogen) atoms. The van der Waals surface area contributed by atoms with Crippen molar-refractivity contribution in [2.75, 3.05) is 25.6 Å². The topological polar surface area (TPSA) is 117 Å². The smallest absolute Gasteiger partial charge is 0.345 e. The number of methoxy groups -OCH3 is 1. The Morgan fingerprint density at radius 2 is 1.93 bits per heavy atom. The number of nitro benzene ring substituents is 1. The molecule has 0 unspecified atom stereocenters. The molecule has 2 rings (SSSR count). The van der Waals surface area contributed by atoms with Gasteiger partial charge in [-0.15, -0.1) is 0 Å². The number of ether oxygens (including phenoxy) is 3. The van der Waals surface area contributed by atoms with Gasteiger partial charge in [0.25, 0.3) is 11.6 Å². The van der Waals surface area contributed by atoms with Crippen LogP contribution in [0.5, 0.6) is 11.5 Å². The highest BCUT2D eigenvalue weighted by molar-refractivity contribution is 6.33. The number of nitrogens with zero attached hydrogens (tertiary/aromatic N) is 1. The quantitative estimate of drug-likeness (QED) is 0.403. The van der Waals surface area contributed by atoms with Crippen LogP contribution in [0.3, 0.4) is 0 Å². The lowest BCUT2D eigenvalue weighted by atomic mass is 10.1. The number of esters is 1. The summed E-state index contributed by atoms with van der Waals surface area (Å²) in [5.41, 5.74) is -0.546. The third-order valence-electron chi connectivity index (χ3n) is 3.48. The van der Waals surface area contributed by atoms with E-state index in [2.05, 4.69) is 5.32 Å². The van der Waals surface area contributed by atoms with Crippen LogP contribution in [-0.4, -0.2) is 37.1 Å². The summed E-state index contributed by atoms with van der Waals surface area (Å²) in [6, 6.07) is 8.72. The van der Waals surface area contributed by atoms with Gasteiger partial charge in [0, 0.05) is 6.07 Å². The molecule has 0 aliphatic rings.